The number of hydrogen-bond donors (Lipinski definition) is 1. The Labute approximate surface area is 143 Å². The number of anilines is 1. The second kappa shape index (κ2) is 7.21. The summed E-state index contributed by atoms with van der Waals surface area (Å²) in [5.41, 5.74) is -0.741. The summed E-state index contributed by atoms with van der Waals surface area (Å²) >= 11 is 1.86. The number of thioether (sulfide) groups is 1. The smallest absolute Gasteiger partial charge is 0.357 e. The molecule has 1 unspecified atom stereocenters. The summed E-state index contributed by atoms with van der Waals surface area (Å²) in [7, 11) is 0. The minimum atomic E-state index is -4.37. The Morgan fingerprint density at radius 3 is 2.54 bits per heavy atom. The molecule has 132 valence electrons. The van der Waals surface area contributed by atoms with Crippen molar-refractivity contribution in [2.24, 2.45) is 5.92 Å². The molecule has 1 amide bonds. The number of halogens is 3. The number of nitrogens with one attached hydrogen (secondary N) is 1. The number of alkyl halides is 3. The molecule has 2 aliphatic heterocycles. The lowest BCUT2D eigenvalue weighted by Crippen LogP contribution is -2.44. The quantitative estimate of drug-likeness (QED) is 0.901. The first-order valence-electron chi connectivity index (χ1n) is 8.10. The van der Waals surface area contributed by atoms with E-state index in [-0.39, 0.29) is 17.9 Å². The van der Waals surface area contributed by atoms with Crippen molar-refractivity contribution in [3.63, 3.8) is 0 Å². The van der Waals surface area contributed by atoms with Gasteiger partial charge in [-0.1, -0.05) is 0 Å². The van der Waals surface area contributed by atoms with Crippen LogP contribution < -0.4 is 10.2 Å². The fraction of sp³-hybridized carbons (Fsp3) is 0.625. The number of hydrogen-bond acceptors (Lipinski definition) is 4. The van der Waals surface area contributed by atoms with E-state index < -0.39 is 11.7 Å². The highest BCUT2D eigenvalue weighted by Gasteiger charge is 2.32. The summed E-state index contributed by atoms with van der Waals surface area (Å²) in [6.45, 7) is 1.27. The van der Waals surface area contributed by atoms with E-state index in [0.29, 0.717) is 31.7 Å². The van der Waals surface area contributed by atoms with Gasteiger partial charge in [0.1, 0.15) is 5.82 Å². The molecule has 1 aromatic heterocycles. The topological polar surface area (TPSA) is 45.2 Å². The molecule has 1 atom stereocenters. The zero-order valence-electron chi connectivity index (χ0n) is 13.2. The fourth-order valence-corrected chi connectivity index (χ4v) is 4.23. The lowest BCUT2D eigenvalue weighted by molar-refractivity contribution is -0.137. The first-order chi connectivity index (χ1) is 11.4. The van der Waals surface area contributed by atoms with Crippen molar-refractivity contribution in [1.29, 1.82) is 0 Å². The first kappa shape index (κ1) is 17.4. The van der Waals surface area contributed by atoms with Gasteiger partial charge in [0, 0.05) is 37.0 Å². The van der Waals surface area contributed by atoms with Crippen LogP contribution in [-0.4, -0.2) is 41.5 Å². The molecule has 2 saturated heterocycles. The molecule has 8 heteroatoms. The molecular formula is C16H20F3N3OS. The van der Waals surface area contributed by atoms with E-state index >= 15 is 0 Å². The third-order valence-electron chi connectivity index (χ3n) is 4.54. The Bertz CT molecular complexity index is 565. The standard InChI is InChI=1S/C16H20F3N3OS/c17-16(18,19)12-1-2-14(20-9-12)22-6-3-11(4-7-22)15(23)21-13-5-8-24-10-13/h1-2,9,11,13H,3-8,10H2,(H,21,23). The molecule has 0 radical (unpaired) electrons. The number of pyridine rings is 1. The highest BCUT2D eigenvalue weighted by atomic mass is 32.2. The first-order valence-corrected chi connectivity index (χ1v) is 9.25. The van der Waals surface area contributed by atoms with Gasteiger partial charge < -0.3 is 10.2 Å². The summed E-state index contributed by atoms with van der Waals surface area (Å²) in [6.07, 6.45) is -1.06. The SMILES string of the molecule is O=C(NC1CCSC1)C1CCN(c2ccc(C(F)(F)F)cn2)CC1. The normalized spacial score (nSPS) is 22.6. The van der Waals surface area contributed by atoms with E-state index in [1.54, 1.807) is 0 Å². The molecule has 0 spiro atoms. The Balaban J connectivity index is 1.52. The lowest BCUT2D eigenvalue weighted by atomic mass is 9.95. The van der Waals surface area contributed by atoms with Crippen molar-refractivity contribution in [2.45, 2.75) is 31.5 Å². The second-order valence-electron chi connectivity index (χ2n) is 6.23. The molecular weight excluding hydrogens is 339 g/mol. The largest absolute Gasteiger partial charge is 0.417 e. The average molecular weight is 359 g/mol. The molecule has 0 bridgehead atoms. The monoisotopic (exact) mass is 359 g/mol. The number of rotatable bonds is 3. The Kier molecular flexibility index (Phi) is 5.22. The van der Waals surface area contributed by atoms with Crippen LogP contribution in [0, 0.1) is 5.92 Å². The predicted molar refractivity (Wildman–Crippen MR) is 88.0 cm³/mol. The maximum Gasteiger partial charge on any atom is 0.417 e. The summed E-state index contributed by atoms with van der Waals surface area (Å²) < 4.78 is 37.7. The van der Waals surface area contributed by atoms with Crippen LogP contribution in [-0.2, 0) is 11.0 Å². The highest BCUT2D eigenvalue weighted by molar-refractivity contribution is 7.99. The predicted octanol–water partition coefficient (Wildman–Crippen LogP) is 2.94. The van der Waals surface area contributed by atoms with E-state index in [9.17, 15) is 18.0 Å². The molecule has 3 rings (SSSR count). The molecule has 1 N–H and O–H groups in total. The number of aromatic nitrogens is 1. The second-order valence-corrected chi connectivity index (χ2v) is 7.38. The van der Waals surface area contributed by atoms with Gasteiger partial charge in [0.15, 0.2) is 0 Å². The van der Waals surface area contributed by atoms with Crippen LogP contribution in [0.5, 0.6) is 0 Å². The molecule has 3 heterocycles. The van der Waals surface area contributed by atoms with Gasteiger partial charge in [-0.05, 0) is 37.1 Å². The maximum atomic E-state index is 12.6. The molecule has 0 aromatic carbocycles. The molecule has 2 aliphatic rings. The van der Waals surface area contributed by atoms with E-state index in [1.807, 2.05) is 16.7 Å². The van der Waals surface area contributed by atoms with Crippen LogP contribution in [0.15, 0.2) is 18.3 Å². The fourth-order valence-electron chi connectivity index (χ4n) is 3.08. The van der Waals surface area contributed by atoms with Gasteiger partial charge in [-0.25, -0.2) is 4.98 Å². The van der Waals surface area contributed by atoms with Crippen molar-refractivity contribution >= 4 is 23.5 Å². The van der Waals surface area contributed by atoms with Gasteiger partial charge in [-0.3, -0.25) is 4.79 Å². The van der Waals surface area contributed by atoms with Crippen LogP contribution >= 0.6 is 11.8 Å². The average Bonchev–Trinajstić information content (AvgIpc) is 3.07. The summed E-state index contributed by atoms with van der Waals surface area (Å²) in [5.74, 6) is 2.72. The third-order valence-corrected chi connectivity index (χ3v) is 5.70. The highest BCUT2D eigenvalue weighted by Crippen LogP contribution is 2.30. The molecule has 1 aromatic rings. The van der Waals surface area contributed by atoms with E-state index in [0.717, 1.165) is 30.2 Å². The Morgan fingerprint density at radius 2 is 2.00 bits per heavy atom. The number of carbonyl (C=O) groups is 1. The van der Waals surface area contributed by atoms with Crippen LogP contribution in [0.4, 0.5) is 19.0 Å². The number of amides is 1. The number of nitrogens with zero attached hydrogens (tertiary/aromatic N) is 2. The van der Waals surface area contributed by atoms with Crippen LogP contribution in [0.25, 0.3) is 0 Å². The maximum absolute atomic E-state index is 12.6. The lowest BCUT2D eigenvalue weighted by Gasteiger charge is -2.32. The minimum Gasteiger partial charge on any atom is -0.357 e. The summed E-state index contributed by atoms with van der Waals surface area (Å²) in [4.78, 5) is 18.1. The number of piperidine rings is 1. The van der Waals surface area contributed by atoms with E-state index in [2.05, 4.69) is 10.3 Å². The molecule has 24 heavy (non-hydrogen) atoms. The molecule has 0 saturated carbocycles. The third kappa shape index (κ3) is 4.15. The van der Waals surface area contributed by atoms with E-state index in [1.165, 1.54) is 6.07 Å². The molecule has 2 fully saturated rings. The van der Waals surface area contributed by atoms with Gasteiger partial charge in [-0.2, -0.15) is 24.9 Å². The zero-order chi connectivity index (χ0) is 17.2. The van der Waals surface area contributed by atoms with Crippen molar-refractivity contribution < 1.29 is 18.0 Å². The van der Waals surface area contributed by atoms with Crippen molar-refractivity contribution in [2.75, 3.05) is 29.5 Å². The van der Waals surface area contributed by atoms with Crippen LogP contribution in [0.2, 0.25) is 0 Å². The molecule has 4 nitrogen and oxygen atoms in total. The van der Waals surface area contributed by atoms with Gasteiger partial charge in [0.05, 0.1) is 5.56 Å². The molecule has 0 aliphatic carbocycles. The van der Waals surface area contributed by atoms with Gasteiger partial charge in [0.25, 0.3) is 0 Å². The van der Waals surface area contributed by atoms with Gasteiger partial charge >= 0.3 is 6.18 Å². The van der Waals surface area contributed by atoms with Crippen molar-refractivity contribution in [3.8, 4) is 0 Å². The van der Waals surface area contributed by atoms with Gasteiger partial charge in [0.2, 0.25) is 5.91 Å². The Hall–Kier alpha value is -1.44. The summed E-state index contributed by atoms with van der Waals surface area (Å²) in [6, 6.07) is 2.75. The minimum absolute atomic E-state index is 0.0127. The zero-order valence-corrected chi connectivity index (χ0v) is 14.0. The van der Waals surface area contributed by atoms with Crippen molar-refractivity contribution in [1.82, 2.24) is 10.3 Å². The summed E-state index contributed by atoms with van der Waals surface area (Å²) in [5, 5.41) is 3.11. The van der Waals surface area contributed by atoms with Crippen LogP contribution in [0.3, 0.4) is 0 Å². The van der Waals surface area contributed by atoms with Crippen molar-refractivity contribution in [3.05, 3.63) is 23.9 Å². The van der Waals surface area contributed by atoms with Gasteiger partial charge in [-0.15, -0.1) is 0 Å². The van der Waals surface area contributed by atoms with Crippen LogP contribution in [0.1, 0.15) is 24.8 Å². The number of carbonyl (C=O) groups excluding carboxylic acids is 1. The van der Waals surface area contributed by atoms with E-state index in [4.69, 9.17) is 0 Å². The Morgan fingerprint density at radius 1 is 1.25 bits per heavy atom.